The van der Waals surface area contributed by atoms with E-state index < -0.39 is 12.1 Å². The summed E-state index contributed by atoms with van der Waals surface area (Å²) in [5.74, 6) is -0.00452. The van der Waals surface area contributed by atoms with Crippen LogP contribution in [0.5, 0.6) is 17.2 Å². The highest BCUT2D eigenvalue weighted by molar-refractivity contribution is 7.98. The molecular weight excluding hydrogens is 484 g/mol. The number of hydrogen-bond donors (Lipinski definition) is 1. The van der Waals surface area contributed by atoms with Crippen LogP contribution in [-0.4, -0.2) is 42.4 Å². The smallest absolute Gasteiger partial charge is 0.325 e. The molecular formula is C25H27N4O6S+. The number of benzene rings is 2. The molecule has 1 N–H and O–H groups in total. The number of methoxy groups -OCH3 is 2. The van der Waals surface area contributed by atoms with Crippen LogP contribution in [0.4, 0.5) is 5.69 Å². The van der Waals surface area contributed by atoms with Gasteiger partial charge in [0.2, 0.25) is 16.8 Å². The monoisotopic (exact) mass is 511 g/mol. The number of fused-ring (bicyclic) bond motifs is 3. The Kier molecular flexibility index (Phi) is 7.30. The van der Waals surface area contributed by atoms with Crippen LogP contribution in [-0.2, 0) is 9.59 Å². The number of hydrogen-bond acceptors (Lipinski definition) is 8. The Morgan fingerprint density at radius 3 is 2.36 bits per heavy atom. The number of ether oxygens (including phenoxy) is 3. The molecule has 2 aromatic carbocycles. The largest absolute Gasteiger partial charge is 0.493 e. The third-order valence-corrected chi connectivity index (χ3v) is 6.38. The molecule has 0 bridgehead atoms. The summed E-state index contributed by atoms with van der Waals surface area (Å²) in [6.45, 7) is 3.46. The summed E-state index contributed by atoms with van der Waals surface area (Å²) < 4.78 is 18.1. The summed E-state index contributed by atoms with van der Waals surface area (Å²) in [7, 11) is 2.89. The van der Waals surface area contributed by atoms with Crippen molar-refractivity contribution in [2.75, 3.05) is 25.4 Å². The van der Waals surface area contributed by atoms with Crippen molar-refractivity contribution in [2.45, 2.75) is 38.0 Å². The summed E-state index contributed by atoms with van der Waals surface area (Å²) >= 11 is 1.28. The molecule has 1 amide bonds. The van der Waals surface area contributed by atoms with Gasteiger partial charge in [-0.2, -0.15) is 0 Å². The summed E-state index contributed by atoms with van der Waals surface area (Å²) in [5, 5.41) is 5.07. The molecule has 36 heavy (non-hydrogen) atoms. The van der Waals surface area contributed by atoms with Gasteiger partial charge in [-0.05, 0) is 35.2 Å². The fourth-order valence-electron chi connectivity index (χ4n) is 4.14. The molecule has 188 valence electrons. The van der Waals surface area contributed by atoms with E-state index >= 15 is 0 Å². The fourth-order valence-corrected chi connectivity index (χ4v) is 4.50. The van der Waals surface area contributed by atoms with Gasteiger partial charge in [0.25, 0.3) is 6.17 Å². The lowest BCUT2D eigenvalue weighted by Gasteiger charge is -2.32. The van der Waals surface area contributed by atoms with Crippen LogP contribution in [0.1, 0.15) is 38.4 Å². The van der Waals surface area contributed by atoms with Gasteiger partial charge in [0.1, 0.15) is 0 Å². The van der Waals surface area contributed by atoms with Gasteiger partial charge >= 0.3 is 17.2 Å². The fraction of sp³-hybridized carbons (Fsp3) is 0.320. The molecule has 4 rings (SSSR count). The van der Waals surface area contributed by atoms with E-state index in [1.807, 2.05) is 12.1 Å². The number of aromatic nitrogens is 3. The molecule has 0 unspecified atom stereocenters. The molecule has 1 aliphatic rings. The average Bonchev–Trinajstić information content (AvgIpc) is 2.91. The van der Waals surface area contributed by atoms with Gasteiger partial charge in [-0.15, -0.1) is 0 Å². The topological polar surface area (TPSA) is 115 Å². The zero-order chi connectivity index (χ0) is 26.0. The van der Waals surface area contributed by atoms with Gasteiger partial charge in [-0.3, -0.25) is 19.4 Å². The number of nitrogens with zero attached hydrogens (tertiary/aromatic N) is 3. The van der Waals surface area contributed by atoms with Crippen molar-refractivity contribution in [3.05, 3.63) is 52.3 Å². The van der Waals surface area contributed by atoms with Gasteiger partial charge in [-0.25, -0.2) is 4.90 Å². The summed E-state index contributed by atoms with van der Waals surface area (Å²) in [4.78, 5) is 43.1. The third kappa shape index (κ3) is 4.30. The highest BCUT2D eigenvalue weighted by Gasteiger charge is 2.46. The van der Waals surface area contributed by atoms with Gasteiger partial charge in [0, 0.05) is 17.9 Å². The number of carbonyl (C=O) groups is 2. The lowest BCUT2D eigenvalue weighted by molar-refractivity contribution is -0.763. The van der Waals surface area contributed by atoms with Crippen molar-refractivity contribution in [2.24, 2.45) is 0 Å². The highest BCUT2D eigenvalue weighted by atomic mass is 32.2. The number of rotatable bonds is 7. The second-order valence-corrected chi connectivity index (χ2v) is 8.64. The van der Waals surface area contributed by atoms with E-state index in [4.69, 9.17) is 14.2 Å². The number of esters is 1. The normalized spacial score (nSPS) is 14.0. The molecule has 0 saturated carbocycles. The highest BCUT2D eigenvalue weighted by Crippen LogP contribution is 2.43. The van der Waals surface area contributed by atoms with Crippen LogP contribution in [0.3, 0.4) is 0 Å². The van der Waals surface area contributed by atoms with Gasteiger partial charge in [0.15, 0.2) is 11.5 Å². The second-order valence-electron chi connectivity index (χ2n) is 7.85. The molecule has 2 heterocycles. The molecule has 0 aliphatic carbocycles. The molecule has 1 aromatic heterocycles. The first-order chi connectivity index (χ1) is 17.4. The van der Waals surface area contributed by atoms with E-state index in [0.717, 1.165) is 0 Å². The van der Waals surface area contributed by atoms with E-state index in [-0.39, 0.29) is 41.6 Å². The second kappa shape index (κ2) is 10.4. The standard InChI is InChI=1S/C25H26N4O6S/c1-6-19(30)28-16-11-9-8-10-15(16)21-23(32)26-25(36-5)27-29(21)24(28)14-12-17(33-3)22(18(13-14)34-4)35-20(31)7-2/h8-13,24H,6-7H2,1-5H3/p+1/t24-/m1/s1. The lowest BCUT2D eigenvalue weighted by Crippen LogP contribution is -2.60. The molecule has 0 saturated heterocycles. The van der Waals surface area contributed by atoms with Crippen LogP contribution in [0.2, 0.25) is 0 Å². The van der Waals surface area contributed by atoms with E-state index in [9.17, 15) is 14.4 Å². The Hall–Kier alpha value is -3.86. The van der Waals surface area contributed by atoms with Gasteiger partial charge in [-0.1, -0.05) is 37.7 Å². The number of H-pyrrole nitrogens is 1. The van der Waals surface area contributed by atoms with E-state index in [1.165, 1.54) is 26.0 Å². The first-order valence-corrected chi connectivity index (χ1v) is 12.6. The number of carbonyl (C=O) groups excluding carboxylic acids is 2. The van der Waals surface area contributed by atoms with E-state index in [1.54, 1.807) is 54.0 Å². The summed E-state index contributed by atoms with van der Waals surface area (Å²) in [6.07, 6.45) is 1.35. The zero-order valence-electron chi connectivity index (χ0n) is 20.7. The van der Waals surface area contributed by atoms with E-state index in [0.29, 0.717) is 27.7 Å². The van der Waals surface area contributed by atoms with Crippen molar-refractivity contribution in [1.29, 1.82) is 0 Å². The number of amides is 1. The van der Waals surface area contributed by atoms with Crippen molar-refractivity contribution < 1.29 is 28.5 Å². The Balaban J connectivity index is 2.05. The average molecular weight is 512 g/mol. The minimum absolute atomic E-state index is 0.133. The third-order valence-electron chi connectivity index (χ3n) is 5.81. The number of anilines is 1. The summed E-state index contributed by atoms with van der Waals surface area (Å²) in [5.41, 5.74) is 1.70. The number of nitrogens with one attached hydrogen (secondary N) is 1. The zero-order valence-corrected chi connectivity index (χ0v) is 21.5. The Morgan fingerprint density at radius 1 is 1.11 bits per heavy atom. The molecule has 0 spiro atoms. The summed E-state index contributed by atoms with van der Waals surface area (Å²) in [6, 6.07) is 10.5. The SMILES string of the molecule is CCC(=O)Oc1c(OC)cc([C@@H]2N(C(=O)CC)c3ccccc3-c3c(=O)[nH]c(SC)n[n+]32)cc1OC. The van der Waals surface area contributed by atoms with Crippen molar-refractivity contribution >= 4 is 29.3 Å². The van der Waals surface area contributed by atoms with Crippen LogP contribution in [0, 0.1) is 0 Å². The predicted octanol–water partition coefficient (Wildman–Crippen LogP) is 3.08. The quantitative estimate of drug-likeness (QED) is 0.223. The first kappa shape index (κ1) is 25.2. The number of thioether (sulfide) groups is 1. The Bertz CT molecular complexity index is 1360. The number of aromatic amines is 1. The van der Waals surface area contributed by atoms with Gasteiger partial charge < -0.3 is 14.2 Å². The van der Waals surface area contributed by atoms with Crippen LogP contribution >= 0.6 is 11.8 Å². The van der Waals surface area contributed by atoms with Gasteiger partial charge in [0.05, 0.1) is 31.0 Å². The molecule has 0 fully saturated rings. The lowest BCUT2D eigenvalue weighted by atomic mass is 10.0. The minimum Gasteiger partial charge on any atom is -0.493 e. The Morgan fingerprint density at radius 2 is 1.78 bits per heavy atom. The van der Waals surface area contributed by atoms with Crippen LogP contribution < -0.4 is 29.4 Å². The van der Waals surface area contributed by atoms with Crippen molar-refractivity contribution in [1.82, 2.24) is 10.1 Å². The predicted molar refractivity (Wildman–Crippen MR) is 134 cm³/mol. The minimum atomic E-state index is -0.839. The maximum absolute atomic E-state index is 13.4. The van der Waals surface area contributed by atoms with Crippen molar-refractivity contribution in [3.63, 3.8) is 0 Å². The molecule has 1 aliphatic heterocycles. The molecule has 0 radical (unpaired) electrons. The molecule has 3 aromatic rings. The molecule has 10 nitrogen and oxygen atoms in total. The van der Waals surface area contributed by atoms with E-state index in [2.05, 4.69) is 10.1 Å². The maximum atomic E-state index is 13.4. The first-order valence-electron chi connectivity index (χ1n) is 11.4. The Labute approximate surface area is 212 Å². The maximum Gasteiger partial charge on any atom is 0.325 e. The molecule has 11 heteroatoms. The number of para-hydroxylation sites is 1. The van der Waals surface area contributed by atoms with Crippen LogP contribution in [0.15, 0.2) is 46.3 Å². The van der Waals surface area contributed by atoms with Crippen molar-refractivity contribution in [3.8, 4) is 28.5 Å². The molecule has 1 atom stereocenters. The van der Waals surface area contributed by atoms with Crippen LogP contribution in [0.25, 0.3) is 11.3 Å².